The Bertz CT molecular complexity index is 1070. The van der Waals surface area contributed by atoms with Gasteiger partial charge in [0.05, 0.1) is 25.3 Å². The van der Waals surface area contributed by atoms with Gasteiger partial charge in [0.25, 0.3) is 0 Å². The average molecular weight is 426 g/mol. The minimum absolute atomic E-state index is 0.0280. The van der Waals surface area contributed by atoms with Crippen molar-refractivity contribution in [3.8, 4) is 0 Å². The summed E-state index contributed by atoms with van der Waals surface area (Å²) in [6, 6.07) is 4.28. The molecule has 0 saturated carbocycles. The molecule has 1 N–H and O–H groups in total. The lowest BCUT2D eigenvalue weighted by Gasteiger charge is -2.12. The molecule has 2 aromatic rings. The van der Waals surface area contributed by atoms with Crippen LogP contribution in [0.1, 0.15) is 57.7 Å². The van der Waals surface area contributed by atoms with Crippen molar-refractivity contribution in [2.45, 2.75) is 32.7 Å². The van der Waals surface area contributed by atoms with Crippen LogP contribution in [0.15, 0.2) is 30.5 Å². The third kappa shape index (κ3) is 4.71. The van der Waals surface area contributed by atoms with Crippen LogP contribution in [0.25, 0.3) is 6.08 Å². The lowest BCUT2D eigenvalue weighted by atomic mass is 10.0. The van der Waals surface area contributed by atoms with Gasteiger partial charge in [-0.25, -0.2) is 14.6 Å². The Morgan fingerprint density at radius 3 is 2.65 bits per heavy atom. The van der Waals surface area contributed by atoms with Crippen molar-refractivity contribution in [3.63, 3.8) is 0 Å². The molecule has 9 nitrogen and oxygen atoms in total. The molecule has 3 rings (SSSR count). The standard InChI is InChI=1S/C22H22N2O7/c1-3-30-18(25)9-8-14-12-24(21(23-14)22(28)29)17-11-16-13(10-19(26)31-4-2)6-5-7-15(16)20(17)27/h5-9,12,17H,3-4,10-11H2,1-2H3,(H,28,29)/b9-8+. The highest BCUT2D eigenvalue weighted by molar-refractivity contribution is 6.04. The molecule has 1 aliphatic carbocycles. The number of carboxylic acids is 1. The van der Waals surface area contributed by atoms with E-state index in [4.69, 9.17) is 9.47 Å². The quantitative estimate of drug-likeness (QED) is 0.503. The molecule has 0 fully saturated rings. The number of carbonyl (C=O) groups excluding carboxylic acids is 3. The topological polar surface area (TPSA) is 125 Å². The van der Waals surface area contributed by atoms with Crippen LogP contribution in [0.2, 0.25) is 0 Å². The summed E-state index contributed by atoms with van der Waals surface area (Å²) in [5.41, 5.74) is 2.02. The first kappa shape index (κ1) is 21.9. The predicted molar refractivity (Wildman–Crippen MR) is 109 cm³/mol. The van der Waals surface area contributed by atoms with Crippen LogP contribution in [0, 0.1) is 0 Å². The first-order valence-corrected chi connectivity index (χ1v) is 9.83. The summed E-state index contributed by atoms with van der Waals surface area (Å²) >= 11 is 0. The van der Waals surface area contributed by atoms with E-state index >= 15 is 0 Å². The number of ketones is 1. The van der Waals surface area contributed by atoms with Gasteiger partial charge in [-0.1, -0.05) is 18.2 Å². The maximum atomic E-state index is 13.0. The monoisotopic (exact) mass is 426 g/mol. The van der Waals surface area contributed by atoms with Gasteiger partial charge in [0, 0.05) is 24.3 Å². The molecule has 0 amide bonds. The highest BCUT2D eigenvalue weighted by Crippen LogP contribution is 2.34. The molecule has 1 aromatic carbocycles. The summed E-state index contributed by atoms with van der Waals surface area (Å²) in [4.78, 5) is 52.2. The summed E-state index contributed by atoms with van der Waals surface area (Å²) < 4.78 is 11.1. The van der Waals surface area contributed by atoms with E-state index < -0.39 is 23.9 Å². The van der Waals surface area contributed by atoms with Crippen LogP contribution in [0.3, 0.4) is 0 Å². The van der Waals surface area contributed by atoms with Gasteiger partial charge >= 0.3 is 17.9 Å². The van der Waals surface area contributed by atoms with E-state index in [1.165, 1.54) is 16.8 Å². The van der Waals surface area contributed by atoms with Gasteiger partial charge < -0.3 is 19.1 Å². The summed E-state index contributed by atoms with van der Waals surface area (Å²) in [5, 5.41) is 9.57. The largest absolute Gasteiger partial charge is 0.475 e. The van der Waals surface area contributed by atoms with Gasteiger partial charge in [0.1, 0.15) is 6.04 Å². The van der Waals surface area contributed by atoms with Gasteiger partial charge in [-0.05, 0) is 31.1 Å². The number of ether oxygens (including phenoxy) is 2. The zero-order chi connectivity index (χ0) is 22.5. The van der Waals surface area contributed by atoms with Gasteiger partial charge in [0.15, 0.2) is 5.78 Å². The molecular formula is C22H22N2O7. The molecule has 31 heavy (non-hydrogen) atoms. The zero-order valence-corrected chi connectivity index (χ0v) is 17.2. The van der Waals surface area contributed by atoms with Crippen LogP contribution >= 0.6 is 0 Å². The summed E-state index contributed by atoms with van der Waals surface area (Å²) in [5.74, 6) is -2.86. The highest BCUT2D eigenvalue weighted by Gasteiger charge is 2.36. The van der Waals surface area contributed by atoms with Gasteiger partial charge in [-0.3, -0.25) is 9.59 Å². The van der Waals surface area contributed by atoms with Crippen molar-refractivity contribution >= 4 is 29.8 Å². The number of carboxylic acid groups (broad SMARTS) is 1. The number of carbonyl (C=O) groups is 4. The number of aromatic carboxylic acids is 1. The van der Waals surface area contributed by atoms with E-state index in [1.807, 2.05) is 0 Å². The highest BCUT2D eigenvalue weighted by atomic mass is 16.5. The Morgan fingerprint density at radius 1 is 1.23 bits per heavy atom. The molecule has 162 valence electrons. The predicted octanol–water partition coefficient (Wildman–Crippen LogP) is 2.24. The second-order valence-corrected chi connectivity index (χ2v) is 6.80. The molecule has 1 aromatic heterocycles. The molecule has 1 heterocycles. The zero-order valence-electron chi connectivity index (χ0n) is 17.2. The molecule has 0 saturated heterocycles. The van der Waals surface area contributed by atoms with Gasteiger partial charge in [-0.2, -0.15) is 0 Å². The number of benzene rings is 1. The summed E-state index contributed by atoms with van der Waals surface area (Å²) in [7, 11) is 0. The second kappa shape index (κ2) is 9.38. The third-order valence-electron chi connectivity index (χ3n) is 4.83. The summed E-state index contributed by atoms with van der Waals surface area (Å²) in [6.07, 6.45) is 4.14. The maximum absolute atomic E-state index is 13.0. The molecule has 9 heteroatoms. The summed E-state index contributed by atoms with van der Waals surface area (Å²) in [6.45, 7) is 3.85. The van der Waals surface area contributed by atoms with Crippen LogP contribution in [0.4, 0.5) is 0 Å². The van der Waals surface area contributed by atoms with Crippen molar-refractivity contribution in [1.82, 2.24) is 9.55 Å². The molecule has 1 aliphatic rings. The average Bonchev–Trinajstić information content (AvgIpc) is 3.29. The number of esters is 2. The second-order valence-electron chi connectivity index (χ2n) is 6.80. The number of hydrogen-bond donors (Lipinski definition) is 1. The smallest absolute Gasteiger partial charge is 0.372 e. The fourth-order valence-electron chi connectivity index (χ4n) is 3.56. The van der Waals surface area contributed by atoms with Gasteiger partial charge in [-0.15, -0.1) is 0 Å². The van der Waals surface area contributed by atoms with E-state index in [0.29, 0.717) is 16.7 Å². The first-order chi connectivity index (χ1) is 14.8. The van der Waals surface area contributed by atoms with E-state index in [0.717, 1.165) is 6.08 Å². The van der Waals surface area contributed by atoms with E-state index in [2.05, 4.69) is 4.98 Å². The van der Waals surface area contributed by atoms with Crippen molar-refractivity contribution < 1.29 is 33.8 Å². The number of rotatable bonds is 8. The maximum Gasteiger partial charge on any atom is 0.372 e. The van der Waals surface area contributed by atoms with Crippen molar-refractivity contribution in [2.24, 2.45) is 0 Å². The van der Waals surface area contributed by atoms with Gasteiger partial charge in [0.2, 0.25) is 5.82 Å². The Balaban J connectivity index is 1.92. The van der Waals surface area contributed by atoms with Crippen molar-refractivity contribution in [3.05, 3.63) is 58.7 Å². The number of imidazole rings is 1. The Labute approximate surface area is 178 Å². The molecule has 0 aliphatic heterocycles. The minimum atomic E-state index is -1.30. The van der Waals surface area contributed by atoms with Crippen molar-refractivity contribution in [2.75, 3.05) is 13.2 Å². The molecule has 0 spiro atoms. The molecule has 0 radical (unpaired) electrons. The molecular weight excluding hydrogens is 404 g/mol. The fourth-order valence-corrected chi connectivity index (χ4v) is 3.56. The fraction of sp³-hybridized carbons (Fsp3) is 0.318. The van der Waals surface area contributed by atoms with Crippen LogP contribution in [-0.4, -0.2) is 51.6 Å². The Hall–Kier alpha value is -3.75. The number of nitrogens with zero attached hydrogens (tertiary/aromatic N) is 2. The van der Waals surface area contributed by atoms with E-state index in [1.54, 1.807) is 32.0 Å². The SMILES string of the molecule is CCOC(=O)/C=C/c1cn(C2Cc3c(CC(=O)OCC)cccc3C2=O)c(C(=O)O)n1. The molecule has 1 unspecified atom stereocenters. The number of Topliss-reactive ketones (excluding diaryl/α,β-unsaturated/α-hetero) is 1. The molecule has 1 atom stereocenters. The number of fused-ring (bicyclic) bond motifs is 1. The lowest BCUT2D eigenvalue weighted by molar-refractivity contribution is -0.142. The van der Waals surface area contributed by atoms with Crippen molar-refractivity contribution in [1.29, 1.82) is 0 Å². The lowest BCUT2D eigenvalue weighted by Crippen LogP contribution is -2.20. The van der Waals surface area contributed by atoms with E-state index in [9.17, 15) is 24.3 Å². The van der Waals surface area contributed by atoms with Crippen LogP contribution < -0.4 is 0 Å². The Kier molecular flexibility index (Phi) is 6.64. The van der Waals surface area contributed by atoms with Crippen LogP contribution in [-0.2, 0) is 31.9 Å². The Morgan fingerprint density at radius 2 is 1.97 bits per heavy atom. The van der Waals surface area contributed by atoms with E-state index in [-0.39, 0.29) is 43.4 Å². The number of aromatic nitrogens is 2. The third-order valence-corrected chi connectivity index (χ3v) is 4.83. The molecule has 0 bridgehead atoms. The first-order valence-electron chi connectivity index (χ1n) is 9.83. The minimum Gasteiger partial charge on any atom is -0.475 e. The number of hydrogen-bond acceptors (Lipinski definition) is 7. The normalized spacial score (nSPS) is 15.2. The van der Waals surface area contributed by atoms with Crippen LogP contribution in [0.5, 0.6) is 0 Å².